The monoisotopic (exact) mass is 338 g/mol. The Hall–Kier alpha value is -1.40. The highest BCUT2D eigenvalue weighted by Gasteiger charge is 2.21. The van der Waals surface area contributed by atoms with Crippen LogP contribution in [0.2, 0.25) is 0 Å². The van der Waals surface area contributed by atoms with Gasteiger partial charge in [-0.1, -0.05) is 26.2 Å². The summed E-state index contributed by atoms with van der Waals surface area (Å²) >= 11 is 0. The highest BCUT2D eigenvalue weighted by Crippen LogP contribution is 2.19. The van der Waals surface area contributed by atoms with Crippen molar-refractivity contribution in [2.45, 2.75) is 56.4 Å². The summed E-state index contributed by atoms with van der Waals surface area (Å²) in [6.07, 6.45) is 6.15. The zero-order valence-electron chi connectivity index (χ0n) is 13.9. The molecular weight excluding hydrogens is 312 g/mol. The molecular formula is C17H26N2O3S. The van der Waals surface area contributed by atoms with Gasteiger partial charge >= 0.3 is 0 Å². The van der Waals surface area contributed by atoms with Crippen LogP contribution in [0.25, 0.3) is 0 Å². The summed E-state index contributed by atoms with van der Waals surface area (Å²) in [5, 5.41) is 3.01. The molecule has 0 aromatic heterocycles. The van der Waals surface area contributed by atoms with Crippen LogP contribution in [0.3, 0.4) is 0 Å². The van der Waals surface area contributed by atoms with Crippen LogP contribution in [-0.2, 0) is 10.0 Å². The van der Waals surface area contributed by atoms with Gasteiger partial charge in [0.15, 0.2) is 0 Å². The minimum absolute atomic E-state index is 0.125. The largest absolute Gasteiger partial charge is 0.349 e. The highest BCUT2D eigenvalue weighted by atomic mass is 32.2. The van der Waals surface area contributed by atoms with Gasteiger partial charge in [0.25, 0.3) is 5.91 Å². The molecule has 0 aliphatic heterocycles. The van der Waals surface area contributed by atoms with Crippen LogP contribution in [0.1, 0.15) is 55.8 Å². The molecule has 0 heterocycles. The van der Waals surface area contributed by atoms with Gasteiger partial charge in [0.05, 0.1) is 4.90 Å². The first-order chi connectivity index (χ1) is 10.9. The lowest BCUT2D eigenvalue weighted by atomic mass is 10.2. The van der Waals surface area contributed by atoms with E-state index >= 15 is 0 Å². The van der Waals surface area contributed by atoms with Crippen molar-refractivity contribution in [1.82, 2.24) is 9.62 Å². The first-order valence-electron chi connectivity index (χ1n) is 8.32. The van der Waals surface area contributed by atoms with Crippen LogP contribution in [0.5, 0.6) is 0 Å². The molecule has 1 saturated carbocycles. The van der Waals surface area contributed by atoms with E-state index in [1.165, 1.54) is 16.4 Å². The summed E-state index contributed by atoms with van der Waals surface area (Å²) in [6, 6.07) is 6.46. The van der Waals surface area contributed by atoms with Crippen LogP contribution < -0.4 is 5.32 Å². The number of carbonyl (C=O) groups is 1. The van der Waals surface area contributed by atoms with E-state index in [1.54, 1.807) is 19.2 Å². The van der Waals surface area contributed by atoms with Crippen molar-refractivity contribution in [2.75, 3.05) is 13.6 Å². The van der Waals surface area contributed by atoms with Crippen molar-refractivity contribution in [3.8, 4) is 0 Å². The van der Waals surface area contributed by atoms with Crippen molar-refractivity contribution in [3.63, 3.8) is 0 Å². The first-order valence-corrected chi connectivity index (χ1v) is 9.76. The Bertz CT molecular complexity index is 620. The van der Waals surface area contributed by atoms with Crippen LogP contribution in [-0.4, -0.2) is 38.3 Å². The number of nitrogens with one attached hydrogen (secondary N) is 1. The first kappa shape index (κ1) is 17.9. The second kappa shape index (κ2) is 7.93. The molecule has 0 saturated heterocycles. The Morgan fingerprint density at radius 1 is 1.22 bits per heavy atom. The van der Waals surface area contributed by atoms with Gasteiger partial charge in [-0.25, -0.2) is 12.7 Å². The number of nitrogens with zero attached hydrogens (tertiary/aromatic N) is 1. The molecule has 0 spiro atoms. The standard InChI is InChI=1S/C17H26N2O3S/c1-3-4-13-19(2)23(21,22)16-11-9-14(10-12-16)17(20)18-15-7-5-6-8-15/h9-12,15H,3-8,13H2,1-2H3,(H,18,20). The Morgan fingerprint density at radius 2 is 1.83 bits per heavy atom. The number of rotatable bonds is 7. The molecule has 2 rings (SSSR count). The smallest absolute Gasteiger partial charge is 0.251 e. The molecule has 0 bridgehead atoms. The average Bonchev–Trinajstić information content (AvgIpc) is 3.05. The van der Waals surface area contributed by atoms with Crippen molar-refractivity contribution < 1.29 is 13.2 Å². The number of carbonyl (C=O) groups excluding carboxylic acids is 1. The maximum absolute atomic E-state index is 12.4. The van der Waals surface area contributed by atoms with E-state index in [2.05, 4.69) is 5.32 Å². The van der Waals surface area contributed by atoms with Gasteiger partial charge in [0.1, 0.15) is 0 Å². The van der Waals surface area contributed by atoms with Gasteiger partial charge in [-0.05, 0) is 43.5 Å². The lowest BCUT2D eigenvalue weighted by Gasteiger charge is -2.17. The molecule has 1 N–H and O–H groups in total. The molecule has 128 valence electrons. The third-order valence-corrected chi connectivity index (χ3v) is 6.21. The number of unbranched alkanes of at least 4 members (excludes halogenated alkanes) is 1. The molecule has 1 aliphatic rings. The zero-order valence-corrected chi connectivity index (χ0v) is 14.7. The summed E-state index contributed by atoms with van der Waals surface area (Å²) in [5.74, 6) is -0.125. The van der Waals surface area contributed by atoms with Gasteiger partial charge in [-0.2, -0.15) is 0 Å². The molecule has 0 radical (unpaired) electrons. The SMILES string of the molecule is CCCCN(C)S(=O)(=O)c1ccc(C(=O)NC2CCCC2)cc1. The zero-order chi connectivity index (χ0) is 16.9. The van der Waals surface area contributed by atoms with E-state index in [1.807, 2.05) is 6.92 Å². The fourth-order valence-corrected chi connectivity index (χ4v) is 4.01. The van der Waals surface area contributed by atoms with Gasteiger partial charge in [0.2, 0.25) is 10.0 Å². The molecule has 23 heavy (non-hydrogen) atoms. The Morgan fingerprint density at radius 3 is 2.39 bits per heavy atom. The Kier molecular flexibility index (Phi) is 6.18. The van der Waals surface area contributed by atoms with Crippen LogP contribution in [0, 0.1) is 0 Å². The molecule has 5 nitrogen and oxygen atoms in total. The van der Waals surface area contributed by atoms with Crippen molar-refractivity contribution in [1.29, 1.82) is 0 Å². The fraction of sp³-hybridized carbons (Fsp3) is 0.588. The van der Waals surface area contributed by atoms with Crippen LogP contribution in [0.15, 0.2) is 29.2 Å². The second-order valence-corrected chi connectivity index (χ2v) is 8.20. The third kappa shape index (κ3) is 4.54. The second-order valence-electron chi connectivity index (χ2n) is 6.16. The summed E-state index contributed by atoms with van der Waals surface area (Å²) in [5.41, 5.74) is 0.507. The maximum atomic E-state index is 12.4. The summed E-state index contributed by atoms with van der Waals surface area (Å²) in [4.78, 5) is 12.4. The normalized spacial score (nSPS) is 16.0. The molecule has 1 aromatic carbocycles. The molecule has 6 heteroatoms. The van der Waals surface area contributed by atoms with Crippen LogP contribution >= 0.6 is 0 Å². The fourth-order valence-electron chi connectivity index (χ4n) is 2.80. The van der Waals surface area contributed by atoms with Gasteiger partial charge in [-0.3, -0.25) is 4.79 Å². The van der Waals surface area contributed by atoms with Gasteiger partial charge in [-0.15, -0.1) is 0 Å². The van der Waals surface area contributed by atoms with E-state index in [0.717, 1.165) is 38.5 Å². The number of hydrogen-bond acceptors (Lipinski definition) is 3. The predicted octanol–water partition coefficient (Wildman–Crippen LogP) is 2.78. The van der Waals surface area contributed by atoms with Crippen molar-refractivity contribution in [3.05, 3.63) is 29.8 Å². The van der Waals surface area contributed by atoms with E-state index in [-0.39, 0.29) is 16.8 Å². The minimum Gasteiger partial charge on any atom is -0.349 e. The van der Waals surface area contributed by atoms with Crippen LogP contribution in [0.4, 0.5) is 0 Å². The molecule has 0 atom stereocenters. The maximum Gasteiger partial charge on any atom is 0.251 e. The summed E-state index contributed by atoms with van der Waals surface area (Å²) in [6.45, 7) is 2.53. The lowest BCUT2D eigenvalue weighted by molar-refractivity contribution is 0.0938. The third-order valence-electron chi connectivity index (χ3n) is 4.34. The van der Waals surface area contributed by atoms with E-state index in [0.29, 0.717) is 12.1 Å². The van der Waals surface area contributed by atoms with E-state index in [9.17, 15) is 13.2 Å². The molecule has 1 aromatic rings. The lowest BCUT2D eigenvalue weighted by Crippen LogP contribution is -2.32. The number of amides is 1. The van der Waals surface area contributed by atoms with Gasteiger partial charge < -0.3 is 5.32 Å². The van der Waals surface area contributed by atoms with Gasteiger partial charge in [0, 0.05) is 25.2 Å². The summed E-state index contributed by atoms with van der Waals surface area (Å²) in [7, 11) is -1.89. The Balaban J connectivity index is 2.04. The van der Waals surface area contributed by atoms with E-state index < -0.39 is 10.0 Å². The summed E-state index contributed by atoms with van der Waals surface area (Å²) < 4.78 is 26.2. The number of sulfonamides is 1. The van der Waals surface area contributed by atoms with Crippen molar-refractivity contribution >= 4 is 15.9 Å². The number of benzene rings is 1. The predicted molar refractivity (Wildman–Crippen MR) is 90.9 cm³/mol. The van der Waals surface area contributed by atoms with E-state index in [4.69, 9.17) is 0 Å². The molecule has 0 unspecified atom stereocenters. The topological polar surface area (TPSA) is 66.5 Å². The van der Waals surface area contributed by atoms with Crippen molar-refractivity contribution in [2.24, 2.45) is 0 Å². The number of hydrogen-bond donors (Lipinski definition) is 1. The minimum atomic E-state index is -3.47. The Labute approximate surface area is 139 Å². The average molecular weight is 338 g/mol. The molecule has 1 amide bonds. The highest BCUT2D eigenvalue weighted by molar-refractivity contribution is 7.89. The quantitative estimate of drug-likeness (QED) is 0.831. The molecule has 1 aliphatic carbocycles. The molecule has 1 fully saturated rings.